The van der Waals surface area contributed by atoms with Crippen LogP contribution in [-0.2, 0) is 0 Å². The summed E-state index contributed by atoms with van der Waals surface area (Å²) in [6.45, 7) is 0. The van der Waals surface area contributed by atoms with E-state index in [2.05, 4.69) is 317 Å². The first-order valence-corrected chi connectivity index (χ1v) is 30.1. The van der Waals surface area contributed by atoms with Gasteiger partial charge in [-0.2, -0.15) is 0 Å². The van der Waals surface area contributed by atoms with Crippen molar-refractivity contribution >= 4 is 94.2 Å². The Bertz CT molecular complexity index is 4750. The summed E-state index contributed by atoms with van der Waals surface area (Å²) in [4.78, 5) is 10.9. The molecule has 0 radical (unpaired) electrons. The molecule has 0 fully saturated rings. The standard InChI is InChI=1S/C76H51N5Si/c1-5-23-53(24-6-1)76-77-68(51-69(78-76)54-47-56(80-70-36-18-13-31-62(70)63-32-14-19-37-71(63)80)49-57(48-54)81-72-38-20-15-33-64(72)65-34-16-21-39-73(65)81)52-41-43-55(44-42-52)79-74-40-22-17-35-66(74)67-50-61(45-46-75(67)79)82(58-25-7-2-8-26-58,59-27-9-3-10-28-59)60-29-11-4-12-30-60/h1-51H. The van der Waals surface area contributed by atoms with Gasteiger partial charge in [-0.15, -0.1) is 0 Å². The Morgan fingerprint density at radius 3 is 1.01 bits per heavy atom. The third kappa shape index (κ3) is 7.53. The third-order valence-corrected chi connectivity index (χ3v) is 21.6. The van der Waals surface area contributed by atoms with E-state index in [4.69, 9.17) is 9.97 Å². The first-order chi connectivity index (χ1) is 40.7. The van der Waals surface area contributed by atoms with Crippen LogP contribution in [0, 0.1) is 0 Å². The van der Waals surface area contributed by atoms with Gasteiger partial charge in [-0.1, -0.05) is 237 Å². The van der Waals surface area contributed by atoms with Crippen molar-refractivity contribution in [2.24, 2.45) is 0 Å². The van der Waals surface area contributed by atoms with E-state index >= 15 is 0 Å². The molecular formula is C76H51N5Si. The molecule has 0 saturated heterocycles. The first-order valence-electron chi connectivity index (χ1n) is 28.1. The van der Waals surface area contributed by atoms with E-state index in [0.29, 0.717) is 5.82 Å². The quantitative estimate of drug-likeness (QED) is 0.101. The lowest BCUT2D eigenvalue weighted by Crippen LogP contribution is -2.74. The number of hydrogen-bond acceptors (Lipinski definition) is 2. The lowest BCUT2D eigenvalue weighted by molar-refractivity contribution is 1.13. The molecule has 82 heavy (non-hydrogen) atoms. The highest BCUT2D eigenvalue weighted by molar-refractivity contribution is 7.20. The maximum Gasteiger partial charge on any atom is 0.179 e. The second-order valence-corrected chi connectivity index (χ2v) is 25.1. The largest absolute Gasteiger partial charge is 0.309 e. The van der Waals surface area contributed by atoms with Crippen LogP contribution >= 0.6 is 0 Å². The highest BCUT2D eigenvalue weighted by Crippen LogP contribution is 2.39. The smallest absolute Gasteiger partial charge is 0.179 e. The summed E-state index contributed by atoms with van der Waals surface area (Å²) in [5.74, 6) is 0.664. The summed E-state index contributed by atoms with van der Waals surface area (Å²) in [5.41, 5.74) is 14.7. The van der Waals surface area contributed by atoms with Gasteiger partial charge in [0.1, 0.15) is 0 Å². The summed E-state index contributed by atoms with van der Waals surface area (Å²) in [5, 5.41) is 12.7. The van der Waals surface area contributed by atoms with Crippen LogP contribution in [0.5, 0.6) is 0 Å². The summed E-state index contributed by atoms with van der Waals surface area (Å²) in [7, 11) is -2.78. The number of hydrogen-bond donors (Lipinski definition) is 0. The number of aromatic nitrogens is 5. The Morgan fingerprint density at radius 2 is 0.573 bits per heavy atom. The fourth-order valence-corrected chi connectivity index (χ4v) is 18.0. The zero-order valence-electron chi connectivity index (χ0n) is 44.7. The first kappa shape index (κ1) is 47.3. The molecule has 0 bridgehead atoms. The van der Waals surface area contributed by atoms with E-state index in [0.717, 1.165) is 78.2 Å². The molecule has 0 aliphatic rings. The minimum atomic E-state index is -2.78. The SMILES string of the molecule is c1ccc(-c2nc(-c3ccc(-n4c5ccccc5c5cc([Si](c6ccccc6)(c6ccccc6)c6ccccc6)ccc54)cc3)cc(-c3cc(-n4c5ccccc5c5ccccc54)cc(-n4c5ccccc5c5ccccc54)c3)n2)cc1. The van der Waals surface area contributed by atoms with E-state index in [1.165, 1.54) is 53.1 Å². The van der Waals surface area contributed by atoms with Gasteiger partial charge in [0.2, 0.25) is 0 Å². The molecule has 0 amide bonds. The van der Waals surface area contributed by atoms with Crippen LogP contribution in [-0.4, -0.2) is 31.7 Å². The summed E-state index contributed by atoms with van der Waals surface area (Å²) < 4.78 is 7.24. The molecule has 16 aromatic rings. The van der Waals surface area contributed by atoms with Crippen LogP contribution in [0.2, 0.25) is 0 Å². The molecule has 4 aromatic heterocycles. The van der Waals surface area contributed by atoms with Crippen molar-refractivity contribution in [3.8, 4) is 51.0 Å². The van der Waals surface area contributed by atoms with Gasteiger partial charge >= 0.3 is 0 Å². The van der Waals surface area contributed by atoms with Crippen molar-refractivity contribution < 1.29 is 0 Å². The molecule has 16 rings (SSSR count). The molecule has 384 valence electrons. The average Bonchev–Trinajstić information content (AvgIpc) is 4.35. The molecule has 0 spiro atoms. The highest BCUT2D eigenvalue weighted by Gasteiger charge is 2.41. The van der Waals surface area contributed by atoms with Crippen molar-refractivity contribution in [2.45, 2.75) is 0 Å². The fraction of sp³-hybridized carbons (Fsp3) is 0. The summed E-state index contributed by atoms with van der Waals surface area (Å²) in [6, 6.07) is 113. The lowest BCUT2D eigenvalue weighted by Gasteiger charge is -2.34. The van der Waals surface area contributed by atoms with Gasteiger partial charge in [0.25, 0.3) is 0 Å². The third-order valence-electron chi connectivity index (χ3n) is 16.8. The van der Waals surface area contributed by atoms with Crippen molar-refractivity contribution in [2.75, 3.05) is 0 Å². The van der Waals surface area contributed by atoms with E-state index in [9.17, 15) is 0 Å². The minimum Gasteiger partial charge on any atom is -0.309 e. The minimum absolute atomic E-state index is 0.664. The molecule has 0 N–H and O–H groups in total. The van der Waals surface area contributed by atoms with Crippen LogP contribution < -0.4 is 20.7 Å². The van der Waals surface area contributed by atoms with Gasteiger partial charge in [-0.25, -0.2) is 9.97 Å². The Labute approximate surface area is 475 Å². The molecular weight excluding hydrogens is 1010 g/mol. The van der Waals surface area contributed by atoms with E-state index in [1.54, 1.807) is 0 Å². The maximum atomic E-state index is 5.47. The number of nitrogens with zero attached hydrogens (tertiary/aromatic N) is 5. The van der Waals surface area contributed by atoms with Gasteiger partial charge in [-0.05, 0) is 93.5 Å². The number of benzene rings is 12. The molecule has 6 heteroatoms. The van der Waals surface area contributed by atoms with Gasteiger partial charge in [0.05, 0.1) is 44.5 Å². The predicted octanol–water partition coefficient (Wildman–Crippen LogP) is 16.1. The van der Waals surface area contributed by atoms with E-state index < -0.39 is 8.07 Å². The lowest BCUT2D eigenvalue weighted by atomic mass is 10.0. The molecule has 0 saturated carbocycles. The van der Waals surface area contributed by atoms with Crippen LogP contribution in [0.4, 0.5) is 0 Å². The molecule has 4 heterocycles. The number of para-hydroxylation sites is 5. The fourth-order valence-electron chi connectivity index (χ4n) is 13.2. The second-order valence-electron chi connectivity index (χ2n) is 21.3. The van der Waals surface area contributed by atoms with Crippen molar-refractivity contribution in [3.05, 3.63) is 309 Å². The molecule has 12 aromatic carbocycles. The summed E-state index contributed by atoms with van der Waals surface area (Å²) in [6.07, 6.45) is 0. The predicted molar refractivity (Wildman–Crippen MR) is 345 cm³/mol. The van der Waals surface area contributed by atoms with Crippen LogP contribution in [0.3, 0.4) is 0 Å². The maximum absolute atomic E-state index is 5.47. The van der Waals surface area contributed by atoms with Gasteiger partial charge < -0.3 is 13.7 Å². The van der Waals surface area contributed by atoms with Crippen LogP contribution in [0.15, 0.2) is 309 Å². The molecule has 0 unspecified atom stereocenters. The zero-order chi connectivity index (χ0) is 54.1. The normalized spacial score (nSPS) is 11.9. The highest BCUT2D eigenvalue weighted by atomic mass is 28.3. The Hall–Kier alpha value is -10.7. The summed E-state index contributed by atoms with van der Waals surface area (Å²) >= 11 is 0. The van der Waals surface area contributed by atoms with Crippen molar-refractivity contribution in [3.63, 3.8) is 0 Å². The Morgan fingerprint density at radius 1 is 0.220 bits per heavy atom. The van der Waals surface area contributed by atoms with Gasteiger partial charge in [0, 0.05) is 66.1 Å². The van der Waals surface area contributed by atoms with Crippen molar-refractivity contribution in [1.82, 2.24) is 23.7 Å². The molecule has 5 nitrogen and oxygen atoms in total. The zero-order valence-corrected chi connectivity index (χ0v) is 45.7. The topological polar surface area (TPSA) is 40.6 Å². The molecule has 0 atom stereocenters. The van der Waals surface area contributed by atoms with Gasteiger partial charge in [0.15, 0.2) is 13.9 Å². The van der Waals surface area contributed by atoms with E-state index in [1.807, 2.05) is 6.07 Å². The van der Waals surface area contributed by atoms with Crippen LogP contribution in [0.25, 0.3) is 116 Å². The number of rotatable bonds is 10. The Balaban J connectivity index is 0.872. The average molecular weight is 1060 g/mol. The van der Waals surface area contributed by atoms with Gasteiger partial charge in [-0.3, -0.25) is 0 Å². The number of fused-ring (bicyclic) bond motifs is 9. The van der Waals surface area contributed by atoms with E-state index in [-0.39, 0.29) is 0 Å². The molecule has 0 aliphatic heterocycles. The van der Waals surface area contributed by atoms with Crippen molar-refractivity contribution in [1.29, 1.82) is 0 Å². The molecule has 0 aliphatic carbocycles. The second kappa shape index (κ2) is 19.3. The Kier molecular flexibility index (Phi) is 11.1. The van der Waals surface area contributed by atoms with Crippen LogP contribution in [0.1, 0.15) is 0 Å². The monoisotopic (exact) mass is 1060 g/mol.